The number of carboxylic acid groups (broad SMARTS) is 1. The molecule has 1 heterocycles. The molecule has 0 spiro atoms. The number of carboxylic acids is 1. The molecule has 0 saturated heterocycles. The maximum atomic E-state index is 10.4. The van der Waals surface area contributed by atoms with Crippen molar-refractivity contribution in [1.82, 2.24) is 10.2 Å². The predicted octanol–water partition coefficient (Wildman–Crippen LogP) is 0.277. The van der Waals surface area contributed by atoms with Gasteiger partial charge in [-0.05, 0) is 0 Å². The fourth-order valence-electron chi connectivity index (χ4n) is 0.834. The van der Waals surface area contributed by atoms with Crippen molar-refractivity contribution in [3.8, 4) is 0 Å². The molecule has 0 amide bonds. The van der Waals surface area contributed by atoms with Crippen molar-refractivity contribution < 1.29 is 14.3 Å². The Hall–Kier alpha value is -1.08. The highest BCUT2D eigenvalue weighted by Gasteiger charge is 2.12. The largest absolute Gasteiger partial charge is 0.480 e. The van der Waals surface area contributed by atoms with Crippen LogP contribution in [0.1, 0.15) is 18.7 Å². The zero-order valence-corrected chi connectivity index (χ0v) is 9.16. The number of aliphatic carboxylic acids is 1. The molecule has 0 aliphatic carbocycles. The average Bonchev–Trinajstić information content (AvgIpc) is 2.65. The van der Waals surface area contributed by atoms with Crippen LogP contribution in [0.5, 0.6) is 0 Å². The summed E-state index contributed by atoms with van der Waals surface area (Å²) in [6, 6.07) is -0.844. The molecule has 1 aromatic rings. The smallest absolute Gasteiger partial charge is 0.321 e. The molecule has 0 aromatic carbocycles. The van der Waals surface area contributed by atoms with E-state index in [9.17, 15) is 4.79 Å². The molecule has 0 aliphatic heterocycles. The summed E-state index contributed by atoms with van der Waals surface area (Å²) in [7, 11) is 0. The van der Waals surface area contributed by atoms with E-state index < -0.39 is 12.0 Å². The molecular weight excluding hydrogens is 218 g/mol. The summed E-state index contributed by atoms with van der Waals surface area (Å²) in [6.07, 6.45) is 0.701. The van der Waals surface area contributed by atoms with E-state index in [4.69, 9.17) is 15.3 Å². The number of aromatic nitrogens is 2. The molecule has 1 atom stereocenters. The third-order valence-electron chi connectivity index (χ3n) is 1.65. The minimum absolute atomic E-state index is 0.333. The topological polar surface area (TPSA) is 102 Å². The van der Waals surface area contributed by atoms with Crippen molar-refractivity contribution in [2.45, 2.75) is 25.1 Å². The first-order chi connectivity index (χ1) is 7.13. The van der Waals surface area contributed by atoms with E-state index in [2.05, 4.69) is 10.2 Å². The van der Waals surface area contributed by atoms with Gasteiger partial charge in [0.2, 0.25) is 11.8 Å². The number of thioether (sulfide) groups is 1. The number of nitrogens with zero attached hydrogens (tertiary/aromatic N) is 2. The molecule has 0 bridgehead atoms. The van der Waals surface area contributed by atoms with Gasteiger partial charge in [-0.25, -0.2) is 0 Å². The van der Waals surface area contributed by atoms with Gasteiger partial charge in [-0.2, -0.15) is 0 Å². The second kappa shape index (κ2) is 5.72. The molecule has 0 fully saturated rings. The maximum Gasteiger partial charge on any atom is 0.321 e. The van der Waals surface area contributed by atoms with E-state index in [1.165, 1.54) is 11.8 Å². The van der Waals surface area contributed by atoms with E-state index in [1.807, 2.05) is 6.92 Å². The molecule has 0 aliphatic rings. The molecule has 0 unspecified atom stereocenters. The summed E-state index contributed by atoms with van der Waals surface area (Å²) >= 11 is 1.36. The Labute approximate surface area is 91.2 Å². The lowest BCUT2D eigenvalue weighted by Crippen LogP contribution is -2.32. The molecule has 1 rings (SSSR count). The van der Waals surface area contributed by atoms with Crippen LogP contribution >= 0.6 is 11.8 Å². The normalized spacial score (nSPS) is 12.7. The molecule has 84 valence electrons. The third-order valence-corrected chi connectivity index (χ3v) is 2.70. The minimum Gasteiger partial charge on any atom is -0.480 e. The molecule has 0 saturated carbocycles. The van der Waals surface area contributed by atoms with Gasteiger partial charge in [0.15, 0.2) is 0 Å². The Morgan fingerprint density at radius 2 is 2.27 bits per heavy atom. The van der Waals surface area contributed by atoms with E-state index >= 15 is 0 Å². The molecule has 6 nitrogen and oxygen atoms in total. The Morgan fingerprint density at radius 1 is 1.60 bits per heavy atom. The summed E-state index contributed by atoms with van der Waals surface area (Å²) in [5.41, 5.74) is 5.32. The van der Waals surface area contributed by atoms with Crippen LogP contribution in [0.3, 0.4) is 0 Å². The van der Waals surface area contributed by atoms with Crippen molar-refractivity contribution >= 4 is 17.7 Å². The number of aryl methyl sites for hydroxylation is 1. The number of rotatable bonds is 6. The van der Waals surface area contributed by atoms with Gasteiger partial charge < -0.3 is 15.3 Å². The van der Waals surface area contributed by atoms with Gasteiger partial charge in [-0.1, -0.05) is 6.92 Å². The van der Waals surface area contributed by atoms with Crippen LogP contribution in [0.25, 0.3) is 0 Å². The lowest BCUT2D eigenvalue weighted by atomic mass is 10.4. The molecule has 15 heavy (non-hydrogen) atoms. The Bertz CT molecular complexity index is 329. The summed E-state index contributed by atoms with van der Waals surface area (Å²) in [5, 5.41) is 16.1. The molecular formula is C8H13N3O3S. The fraction of sp³-hybridized carbons (Fsp3) is 0.625. The number of nitrogens with two attached hydrogens (primary N) is 1. The Balaban J connectivity index is 2.28. The molecule has 0 radical (unpaired) electrons. The lowest BCUT2D eigenvalue weighted by molar-refractivity contribution is -0.137. The Kier molecular flexibility index (Phi) is 4.57. The Morgan fingerprint density at radius 3 is 2.80 bits per heavy atom. The average molecular weight is 231 g/mol. The van der Waals surface area contributed by atoms with E-state index in [0.717, 1.165) is 0 Å². The summed E-state index contributed by atoms with van der Waals surface area (Å²) in [6.45, 7) is 1.92. The summed E-state index contributed by atoms with van der Waals surface area (Å²) in [5.74, 6) is 0.928. The number of carbonyl (C=O) groups is 1. The van der Waals surface area contributed by atoms with Gasteiger partial charge in [0.05, 0.1) is 5.75 Å². The predicted molar refractivity (Wildman–Crippen MR) is 55.4 cm³/mol. The highest BCUT2D eigenvalue weighted by atomic mass is 32.2. The second-order valence-corrected chi connectivity index (χ2v) is 3.93. The maximum absolute atomic E-state index is 10.4. The van der Waals surface area contributed by atoms with Crippen LogP contribution in [0.15, 0.2) is 4.42 Å². The third kappa shape index (κ3) is 3.88. The molecule has 7 heteroatoms. The highest BCUT2D eigenvalue weighted by Crippen LogP contribution is 2.11. The van der Waals surface area contributed by atoms with E-state index in [-0.39, 0.29) is 0 Å². The van der Waals surface area contributed by atoms with Crippen molar-refractivity contribution in [2.24, 2.45) is 5.73 Å². The molecule has 3 N–H and O–H groups in total. The zero-order valence-electron chi connectivity index (χ0n) is 8.34. The summed E-state index contributed by atoms with van der Waals surface area (Å²) < 4.78 is 5.24. The van der Waals surface area contributed by atoms with Crippen LogP contribution in [0, 0.1) is 0 Å². The first kappa shape index (κ1) is 12.0. The van der Waals surface area contributed by atoms with Crippen LogP contribution in [0.2, 0.25) is 0 Å². The van der Waals surface area contributed by atoms with Gasteiger partial charge in [0, 0.05) is 12.2 Å². The monoisotopic (exact) mass is 231 g/mol. The van der Waals surface area contributed by atoms with Gasteiger partial charge in [0.25, 0.3) is 0 Å². The number of hydrogen-bond donors (Lipinski definition) is 2. The standard InChI is InChI=1S/C8H13N3O3S/c1-2-6-10-11-7(14-6)4-15-3-5(9)8(12)13/h5H,2-4,9H2,1H3,(H,12,13)/t5-/m1/s1. The quantitative estimate of drug-likeness (QED) is 0.724. The highest BCUT2D eigenvalue weighted by molar-refractivity contribution is 7.98. The van der Waals surface area contributed by atoms with Gasteiger partial charge in [-0.3, -0.25) is 4.79 Å². The van der Waals surface area contributed by atoms with Crippen molar-refractivity contribution in [3.05, 3.63) is 11.8 Å². The second-order valence-electron chi connectivity index (χ2n) is 2.90. The van der Waals surface area contributed by atoms with Crippen molar-refractivity contribution in [1.29, 1.82) is 0 Å². The lowest BCUT2D eigenvalue weighted by Gasteiger charge is -2.03. The van der Waals surface area contributed by atoms with Crippen molar-refractivity contribution in [2.75, 3.05) is 5.75 Å². The SMILES string of the molecule is CCc1nnc(CSC[C@@H](N)C(=O)O)o1. The molecule has 1 aromatic heterocycles. The zero-order chi connectivity index (χ0) is 11.3. The van der Waals surface area contributed by atoms with E-state index in [1.54, 1.807) is 0 Å². The minimum atomic E-state index is -0.998. The van der Waals surface area contributed by atoms with Crippen LogP contribution in [-0.2, 0) is 17.0 Å². The first-order valence-corrected chi connectivity index (χ1v) is 5.66. The van der Waals surface area contributed by atoms with Crippen LogP contribution in [-0.4, -0.2) is 33.1 Å². The van der Waals surface area contributed by atoms with Crippen LogP contribution in [0.4, 0.5) is 0 Å². The first-order valence-electron chi connectivity index (χ1n) is 4.51. The number of hydrogen-bond acceptors (Lipinski definition) is 6. The van der Waals surface area contributed by atoms with Crippen LogP contribution < -0.4 is 5.73 Å². The fourth-order valence-corrected chi connectivity index (χ4v) is 1.64. The van der Waals surface area contributed by atoms with Crippen molar-refractivity contribution in [3.63, 3.8) is 0 Å². The van der Waals surface area contributed by atoms with E-state index in [0.29, 0.717) is 29.7 Å². The van der Waals surface area contributed by atoms with Gasteiger partial charge >= 0.3 is 5.97 Å². The van der Waals surface area contributed by atoms with Gasteiger partial charge in [-0.15, -0.1) is 22.0 Å². The van der Waals surface area contributed by atoms with Gasteiger partial charge in [0.1, 0.15) is 6.04 Å². The summed E-state index contributed by atoms with van der Waals surface area (Å²) in [4.78, 5) is 10.4.